The van der Waals surface area contributed by atoms with Crippen LogP contribution in [0.25, 0.3) is 11.5 Å². The average molecular weight is 373 g/mol. The minimum absolute atomic E-state index is 0.0380. The molecule has 5 heteroatoms. The van der Waals surface area contributed by atoms with Crippen LogP contribution in [0.5, 0.6) is 11.7 Å². The molecule has 0 saturated heterocycles. The number of ether oxygens (including phenoxy) is 1. The molecule has 1 aromatic heterocycles. The van der Waals surface area contributed by atoms with E-state index in [9.17, 15) is 9.18 Å². The summed E-state index contributed by atoms with van der Waals surface area (Å²) >= 11 is 0. The van der Waals surface area contributed by atoms with Crippen LogP contribution >= 0.6 is 0 Å². The quantitative estimate of drug-likeness (QED) is 0.407. The molecule has 0 atom stereocenters. The molecule has 0 N–H and O–H groups in total. The maximum absolute atomic E-state index is 13.0. The standard InChI is InChI=1S/C23H16FNO3/c24-19-10-6-18(7-11-19)23-25-15-22(28-23)27-20-12-8-17(9-13-20)21(26)14-16-4-2-1-3-5-16/h1-13,15H,14H2. The highest BCUT2D eigenvalue weighted by Gasteiger charge is 2.10. The third-order valence-electron chi connectivity index (χ3n) is 4.18. The number of nitrogens with zero attached hydrogens (tertiary/aromatic N) is 1. The molecule has 138 valence electrons. The first-order chi connectivity index (χ1) is 13.7. The Kier molecular flexibility index (Phi) is 4.97. The van der Waals surface area contributed by atoms with Gasteiger partial charge in [0, 0.05) is 17.5 Å². The van der Waals surface area contributed by atoms with Crippen molar-refractivity contribution in [2.75, 3.05) is 0 Å². The molecule has 0 unspecified atom stereocenters. The lowest BCUT2D eigenvalue weighted by Gasteiger charge is -2.04. The molecule has 1 heterocycles. The molecular weight excluding hydrogens is 357 g/mol. The van der Waals surface area contributed by atoms with Crippen LogP contribution < -0.4 is 4.74 Å². The molecule has 0 saturated carbocycles. The van der Waals surface area contributed by atoms with Crippen molar-refractivity contribution in [3.8, 4) is 23.1 Å². The van der Waals surface area contributed by atoms with E-state index in [0.29, 0.717) is 29.2 Å². The molecule has 4 nitrogen and oxygen atoms in total. The van der Waals surface area contributed by atoms with E-state index in [2.05, 4.69) is 4.98 Å². The summed E-state index contributed by atoms with van der Waals surface area (Å²) in [6.45, 7) is 0. The molecule has 0 aliphatic heterocycles. The number of hydrogen-bond acceptors (Lipinski definition) is 4. The van der Waals surface area contributed by atoms with Crippen LogP contribution in [0.15, 0.2) is 89.5 Å². The van der Waals surface area contributed by atoms with Crippen LogP contribution in [0.3, 0.4) is 0 Å². The normalized spacial score (nSPS) is 10.6. The van der Waals surface area contributed by atoms with Gasteiger partial charge in [0.15, 0.2) is 5.78 Å². The summed E-state index contributed by atoms with van der Waals surface area (Å²) in [7, 11) is 0. The van der Waals surface area contributed by atoms with Crippen molar-refractivity contribution < 1.29 is 18.3 Å². The Bertz CT molecular complexity index is 1070. The van der Waals surface area contributed by atoms with Gasteiger partial charge in [-0.2, -0.15) is 0 Å². The van der Waals surface area contributed by atoms with E-state index in [-0.39, 0.29) is 17.5 Å². The summed E-state index contributed by atoms with van der Waals surface area (Å²) in [6.07, 6.45) is 1.80. The number of carbonyl (C=O) groups is 1. The van der Waals surface area contributed by atoms with Gasteiger partial charge < -0.3 is 9.15 Å². The zero-order valence-corrected chi connectivity index (χ0v) is 14.8. The summed E-state index contributed by atoms with van der Waals surface area (Å²) in [6, 6.07) is 22.3. The minimum Gasteiger partial charge on any atom is -0.425 e. The van der Waals surface area contributed by atoms with Crippen LogP contribution in [0.1, 0.15) is 15.9 Å². The van der Waals surface area contributed by atoms with Gasteiger partial charge in [0.05, 0.1) is 0 Å². The van der Waals surface area contributed by atoms with E-state index in [4.69, 9.17) is 9.15 Å². The van der Waals surface area contributed by atoms with Crippen molar-refractivity contribution in [3.05, 3.63) is 102 Å². The third-order valence-corrected chi connectivity index (χ3v) is 4.18. The highest BCUT2D eigenvalue weighted by atomic mass is 19.1. The fourth-order valence-corrected chi connectivity index (χ4v) is 2.74. The van der Waals surface area contributed by atoms with E-state index < -0.39 is 0 Å². The second kappa shape index (κ2) is 7.88. The van der Waals surface area contributed by atoms with Crippen molar-refractivity contribution >= 4 is 5.78 Å². The number of benzene rings is 3. The Hall–Kier alpha value is -3.73. The largest absolute Gasteiger partial charge is 0.425 e. The zero-order valence-electron chi connectivity index (χ0n) is 14.8. The van der Waals surface area contributed by atoms with Crippen LogP contribution in [0.2, 0.25) is 0 Å². The molecule has 3 aromatic carbocycles. The monoisotopic (exact) mass is 373 g/mol. The second-order valence-corrected chi connectivity index (χ2v) is 6.20. The summed E-state index contributed by atoms with van der Waals surface area (Å²) in [4.78, 5) is 16.5. The van der Waals surface area contributed by atoms with Gasteiger partial charge >= 0.3 is 5.95 Å². The Morgan fingerprint density at radius 3 is 2.36 bits per heavy atom. The highest BCUT2D eigenvalue weighted by Crippen LogP contribution is 2.27. The first-order valence-corrected chi connectivity index (χ1v) is 8.74. The smallest absolute Gasteiger partial charge is 0.311 e. The van der Waals surface area contributed by atoms with Gasteiger partial charge in [-0.3, -0.25) is 4.79 Å². The Morgan fingerprint density at radius 2 is 1.64 bits per heavy atom. The summed E-state index contributed by atoms with van der Waals surface area (Å²) in [5, 5.41) is 0. The molecule has 0 aliphatic carbocycles. The van der Waals surface area contributed by atoms with Gasteiger partial charge in [-0.25, -0.2) is 9.37 Å². The molecule has 0 aliphatic rings. The van der Waals surface area contributed by atoms with E-state index in [1.54, 1.807) is 36.4 Å². The third kappa shape index (κ3) is 4.15. The van der Waals surface area contributed by atoms with E-state index in [0.717, 1.165) is 5.56 Å². The van der Waals surface area contributed by atoms with Gasteiger partial charge in [-0.05, 0) is 54.1 Å². The predicted molar refractivity (Wildman–Crippen MR) is 103 cm³/mol. The van der Waals surface area contributed by atoms with E-state index in [1.807, 2.05) is 30.3 Å². The first-order valence-electron chi connectivity index (χ1n) is 8.74. The van der Waals surface area contributed by atoms with Crippen molar-refractivity contribution in [3.63, 3.8) is 0 Å². The number of Topliss-reactive ketones (excluding diaryl/α,β-unsaturated/α-hetero) is 1. The SMILES string of the molecule is O=C(Cc1ccccc1)c1ccc(Oc2cnc(-c3ccc(F)cc3)o2)cc1. The van der Waals surface area contributed by atoms with Gasteiger partial charge in [-0.1, -0.05) is 30.3 Å². The molecule has 0 amide bonds. The van der Waals surface area contributed by atoms with Gasteiger partial charge in [0.25, 0.3) is 0 Å². The molecule has 0 spiro atoms. The number of halogens is 1. The Morgan fingerprint density at radius 1 is 0.929 bits per heavy atom. The number of carbonyl (C=O) groups excluding carboxylic acids is 1. The van der Waals surface area contributed by atoms with Crippen LogP contribution in [0.4, 0.5) is 4.39 Å². The number of oxazole rings is 1. The fourth-order valence-electron chi connectivity index (χ4n) is 2.74. The average Bonchev–Trinajstić information content (AvgIpc) is 3.18. The van der Waals surface area contributed by atoms with Gasteiger partial charge in [0.2, 0.25) is 5.89 Å². The van der Waals surface area contributed by atoms with Crippen molar-refractivity contribution in [1.82, 2.24) is 4.98 Å². The predicted octanol–water partition coefficient (Wildman–Crippen LogP) is 5.70. The summed E-state index contributed by atoms with van der Waals surface area (Å²) in [5.74, 6) is 0.787. The fraction of sp³-hybridized carbons (Fsp3) is 0.0435. The summed E-state index contributed by atoms with van der Waals surface area (Å²) in [5.41, 5.74) is 2.24. The Labute approximate surface area is 161 Å². The van der Waals surface area contributed by atoms with E-state index in [1.165, 1.54) is 18.3 Å². The number of aromatic nitrogens is 1. The van der Waals surface area contributed by atoms with Crippen molar-refractivity contribution in [1.29, 1.82) is 0 Å². The Balaban J connectivity index is 1.42. The summed E-state index contributed by atoms with van der Waals surface area (Å²) < 4.78 is 24.2. The first kappa shape index (κ1) is 17.7. The number of ketones is 1. The molecule has 0 fully saturated rings. The zero-order chi connectivity index (χ0) is 19.3. The van der Waals surface area contributed by atoms with Gasteiger partial charge in [0.1, 0.15) is 17.8 Å². The molecule has 28 heavy (non-hydrogen) atoms. The van der Waals surface area contributed by atoms with Gasteiger partial charge in [-0.15, -0.1) is 0 Å². The lowest BCUT2D eigenvalue weighted by molar-refractivity contribution is 0.0993. The molecular formula is C23H16FNO3. The highest BCUT2D eigenvalue weighted by molar-refractivity contribution is 5.97. The second-order valence-electron chi connectivity index (χ2n) is 6.20. The lowest BCUT2D eigenvalue weighted by Crippen LogP contribution is -2.03. The van der Waals surface area contributed by atoms with Crippen LogP contribution in [-0.4, -0.2) is 10.8 Å². The van der Waals surface area contributed by atoms with Crippen LogP contribution in [-0.2, 0) is 6.42 Å². The maximum Gasteiger partial charge on any atom is 0.311 e. The van der Waals surface area contributed by atoms with Crippen molar-refractivity contribution in [2.45, 2.75) is 6.42 Å². The molecule has 4 rings (SSSR count). The number of hydrogen-bond donors (Lipinski definition) is 0. The maximum atomic E-state index is 13.0. The van der Waals surface area contributed by atoms with E-state index >= 15 is 0 Å². The van der Waals surface area contributed by atoms with Crippen LogP contribution in [0, 0.1) is 5.82 Å². The minimum atomic E-state index is -0.325. The van der Waals surface area contributed by atoms with Crippen molar-refractivity contribution in [2.24, 2.45) is 0 Å². The molecule has 0 radical (unpaired) electrons. The molecule has 4 aromatic rings. The lowest BCUT2D eigenvalue weighted by atomic mass is 10.0. The topological polar surface area (TPSA) is 52.3 Å². The molecule has 0 bridgehead atoms. The number of rotatable bonds is 6.